The maximum Gasteiger partial charge on any atom is 0.333 e. The molecule has 0 bridgehead atoms. The number of benzene rings is 2. The Morgan fingerprint density at radius 2 is 1.11 bits per heavy atom. The molecule has 6 rings (SSSR count). The maximum atomic E-state index is 14.6. The number of ether oxygens (including phenoxy) is 4. The summed E-state index contributed by atoms with van der Waals surface area (Å²) in [7, 11) is 9.16. The first-order valence-corrected chi connectivity index (χ1v) is 19.7. The van der Waals surface area contributed by atoms with Crippen molar-refractivity contribution in [1.29, 1.82) is 0 Å². The van der Waals surface area contributed by atoms with E-state index in [-0.39, 0.29) is 55.7 Å². The van der Waals surface area contributed by atoms with Crippen molar-refractivity contribution in [3.8, 4) is 71.4 Å². The second-order valence-corrected chi connectivity index (χ2v) is 14.5. The molecule has 17 nitrogen and oxygen atoms in total. The number of hydrazine groups is 1. The molecule has 1 N–H and O–H groups in total. The maximum absolute atomic E-state index is 14.6. The predicted molar refractivity (Wildman–Crippen MR) is 237 cm³/mol. The number of aromatic nitrogens is 4. The Labute approximate surface area is 362 Å². The molecule has 0 fully saturated rings. The Hall–Kier alpha value is -7.67. The molecule has 0 radical (unpaired) electrons. The third-order valence-corrected chi connectivity index (χ3v) is 10.6. The Morgan fingerprint density at radius 1 is 0.683 bits per heavy atom. The average Bonchev–Trinajstić information content (AvgIpc) is 3.74. The van der Waals surface area contributed by atoms with Crippen molar-refractivity contribution in [2.24, 2.45) is 5.92 Å². The molecule has 2 aliphatic rings. The zero-order valence-electron chi connectivity index (χ0n) is 36.0. The Balaban J connectivity index is 1.77. The Kier molecular flexibility index (Phi) is 13.5. The molecule has 0 aliphatic carbocycles. The van der Waals surface area contributed by atoms with E-state index < -0.39 is 54.0 Å². The highest BCUT2D eigenvalue weighted by Gasteiger charge is 2.50. The highest BCUT2D eigenvalue weighted by Crippen LogP contribution is 2.44. The average molecular weight is 863 g/mol. The van der Waals surface area contributed by atoms with E-state index in [1.54, 1.807) is 67.2 Å². The molecule has 3 unspecified atom stereocenters. The minimum atomic E-state index is -1.19. The number of terminal acetylenes is 2. The molecule has 4 aromatic rings. The van der Waals surface area contributed by atoms with Crippen LogP contribution in [0, 0.1) is 54.3 Å². The fourth-order valence-electron chi connectivity index (χ4n) is 7.53. The number of aliphatic hydroxyl groups excluding tert-OH is 1. The molecule has 2 aromatic carbocycles. The van der Waals surface area contributed by atoms with Gasteiger partial charge in [-0.2, -0.15) is 0 Å². The van der Waals surface area contributed by atoms with Crippen LogP contribution in [0.15, 0.2) is 55.6 Å². The normalized spacial score (nSPS) is 15.3. The second kappa shape index (κ2) is 18.9. The topological polar surface area (TPSA) is 158 Å². The van der Waals surface area contributed by atoms with Crippen molar-refractivity contribution in [3.63, 3.8) is 0 Å². The van der Waals surface area contributed by atoms with Gasteiger partial charge >= 0.3 is 11.4 Å². The third kappa shape index (κ3) is 8.00. The van der Waals surface area contributed by atoms with Crippen LogP contribution in [0.4, 0.5) is 27.4 Å². The van der Waals surface area contributed by atoms with Gasteiger partial charge in [-0.3, -0.25) is 23.1 Å². The monoisotopic (exact) mass is 862 g/mol. The third-order valence-electron chi connectivity index (χ3n) is 10.6. The lowest BCUT2D eigenvalue weighted by Gasteiger charge is -2.39. The first kappa shape index (κ1) is 44.9. The zero-order valence-corrected chi connectivity index (χ0v) is 36.0. The van der Waals surface area contributed by atoms with E-state index >= 15 is 0 Å². The Morgan fingerprint density at radius 3 is 1.51 bits per heavy atom. The van der Waals surface area contributed by atoms with Gasteiger partial charge in [0.1, 0.15) is 11.4 Å². The first-order chi connectivity index (χ1) is 30.3. The fourth-order valence-corrected chi connectivity index (χ4v) is 7.53. The zero-order chi connectivity index (χ0) is 45.7. The largest absolute Gasteiger partial charge is 0.493 e. The smallest absolute Gasteiger partial charge is 0.333 e. The molecule has 4 heterocycles. The molecule has 3 atom stereocenters. The summed E-state index contributed by atoms with van der Waals surface area (Å²) in [4.78, 5) is 61.1. The molecule has 0 amide bonds. The first-order valence-electron chi connectivity index (χ1n) is 19.7. The number of fused-ring (bicyclic) bond motifs is 2. The number of anilines is 4. The molecule has 328 valence electrons. The highest BCUT2D eigenvalue weighted by molar-refractivity contribution is 5.84. The van der Waals surface area contributed by atoms with E-state index in [2.05, 4.69) is 35.5 Å². The van der Waals surface area contributed by atoms with Gasteiger partial charge in [-0.05, 0) is 60.6 Å². The van der Waals surface area contributed by atoms with Crippen molar-refractivity contribution in [2.75, 3.05) is 75.6 Å². The van der Waals surface area contributed by atoms with Crippen LogP contribution in [-0.4, -0.2) is 91.5 Å². The molecule has 2 aliphatic heterocycles. The van der Waals surface area contributed by atoms with Gasteiger partial charge in [0.25, 0.3) is 11.1 Å². The minimum absolute atomic E-state index is 0.00384. The van der Waals surface area contributed by atoms with Gasteiger partial charge in [-0.25, -0.2) is 28.7 Å². The number of aliphatic hydroxyl groups is 1. The summed E-state index contributed by atoms with van der Waals surface area (Å²) < 4.78 is 40.3. The van der Waals surface area contributed by atoms with Crippen molar-refractivity contribution >= 4 is 23.0 Å². The van der Waals surface area contributed by atoms with E-state index in [9.17, 15) is 28.7 Å². The number of methoxy groups -OCH3 is 4. The summed E-state index contributed by atoms with van der Waals surface area (Å²) in [5.41, 5.74) is -2.20. The van der Waals surface area contributed by atoms with Crippen LogP contribution < -0.4 is 61.3 Å². The molecular weight excluding hydrogens is 816 g/mol. The second-order valence-electron chi connectivity index (χ2n) is 14.5. The van der Waals surface area contributed by atoms with E-state index in [0.29, 0.717) is 34.1 Å². The van der Waals surface area contributed by atoms with Crippen molar-refractivity contribution in [3.05, 3.63) is 89.2 Å². The van der Waals surface area contributed by atoms with Crippen LogP contribution in [0.25, 0.3) is 0 Å². The summed E-state index contributed by atoms with van der Waals surface area (Å²) in [5, 5.41) is 13.3. The summed E-state index contributed by atoms with van der Waals surface area (Å²) in [6.45, 7) is -0.514. The number of rotatable bonds is 13. The molecule has 2 aromatic heterocycles. The van der Waals surface area contributed by atoms with Crippen LogP contribution in [0.5, 0.6) is 23.0 Å². The van der Waals surface area contributed by atoms with E-state index in [4.69, 9.17) is 31.8 Å². The summed E-state index contributed by atoms with van der Waals surface area (Å²) in [6.07, 6.45) is 8.83. The van der Waals surface area contributed by atoms with Crippen molar-refractivity contribution in [1.82, 2.24) is 18.3 Å². The van der Waals surface area contributed by atoms with E-state index in [1.165, 1.54) is 47.6 Å². The van der Waals surface area contributed by atoms with E-state index in [1.807, 2.05) is 0 Å². The van der Waals surface area contributed by atoms with Gasteiger partial charge in [0.05, 0.1) is 48.2 Å². The van der Waals surface area contributed by atoms with Gasteiger partial charge < -0.3 is 33.9 Å². The molecular formula is C45H47FN8O9. The quantitative estimate of drug-likeness (QED) is 0.193. The van der Waals surface area contributed by atoms with Crippen LogP contribution in [-0.2, 0) is 26.2 Å². The Bertz CT molecular complexity index is 2880. The molecule has 0 spiro atoms. The number of halogens is 1. The van der Waals surface area contributed by atoms with Gasteiger partial charge in [0, 0.05) is 44.9 Å². The highest BCUT2D eigenvalue weighted by atomic mass is 19.1. The molecule has 0 saturated heterocycles. The predicted octanol–water partition coefficient (Wildman–Crippen LogP) is 1.51. The number of hydrogen-bond donors (Lipinski definition) is 1. The van der Waals surface area contributed by atoms with Gasteiger partial charge in [0.15, 0.2) is 47.0 Å². The molecule has 63 heavy (non-hydrogen) atoms. The fraction of sp³-hybridized carbons (Fsp3) is 0.378. The summed E-state index contributed by atoms with van der Waals surface area (Å²) in [5.74, 6) is 18.7. The van der Waals surface area contributed by atoms with Gasteiger partial charge in [-0.15, -0.1) is 12.8 Å². The van der Waals surface area contributed by atoms with Crippen LogP contribution in [0.3, 0.4) is 0 Å². The number of hydrogen-bond acceptors (Lipinski definition) is 13. The van der Waals surface area contributed by atoms with Crippen molar-refractivity contribution < 1.29 is 28.4 Å². The summed E-state index contributed by atoms with van der Waals surface area (Å²) >= 11 is 0. The minimum Gasteiger partial charge on any atom is -0.493 e. The number of alkyl halides is 1. The lowest BCUT2D eigenvalue weighted by molar-refractivity contribution is 0.221. The van der Waals surface area contributed by atoms with Crippen molar-refractivity contribution in [2.45, 2.75) is 51.9 Å². The summed E-state index contributed by atoms with van der Waals surface area (Å²) in [6, 6.07) is 10.1. The SMILES string of the molecule is C#CCn1c(=O)c2c(n(CCCF)c1=O)N(N1c3c(c(=O)n(CC#C)c(=O)n3CC(C)CO)N(C)C1C#Cc1ccc(OC)c(OC)c1)C(C#Cc1ccc(OC)c(OC)c1)N2C. The molecule has 0 saturated carbocycles. The lowest BCUT2D eigenvalue weighted by atomic mass is 10.2. The standard InChI is InChI=1S/C45H47FN8O9/c1-10-22-50-42(56)38-40(49(44(50)58)24-12-21-46)53(36(47(38)4)19-15-30-13-17-32(60-6)34(25-30)62-8)54-37(20-16-31-14-18-33(61-7)35(26-31)63-9)48(5)39-41(54)52(27-29(3)28-55)45(59)51(23-11-2)43(39)57/h1-2,13-14,17-18,25-26,29,36-37,55H,12,21-24,27-28H2,3-9H3. The van der Waals surface area contributed by atoms with Gasteiger partial charge in [0.2, 0.25) is 0 Å². The lowest BCUT2D eigenvalue weighted by Crippen LogP contribution is -2.58. The van der Waals surface area contributed by atoms with Crippen LogP contribution >= 0.6 is 0 Å². The molecule has 18 heteroatoms. The van der Waals surface area contributed by atoms with Crippen LogP contribution in [0.2, 0.25) is 0 Å². The van der Waals surface area contributed by atoms with Crippen LogP contribution in [0.1, 0.15) is 24.5 Å². The van der Waals surface area contributed by atoms with E-state index in [0.717, 1.165) is 9.13 Å². The number of nitrogens with zero attached hydrogens (tertiary/aromatic N) is 8. The van der Waals surface area contributed by atoms with Gasteiger partial charge in [-0.1, -0.05) is 30.6 Å².